The van der Waals surface area contributed by atoms with Crippen LogP contribution >= 0.6 is 0 Å². The van der Waals surface area contributed by atoms with Gasteiger partial charge in [-0.25, -0.2) is 9.69 Å². The van der Waals surface area contributed by atoms with Crippen molar-refractivity contribution >= 4 is 35.3 Å². The van der Waals surface area contributed by atoms with Gasteiger partial charge in [-0.1, -0.05) is 109 Å². The first-order valence-electron chi connectivity index (χ1n) is 17.2. The van der Waals surface area contributed by atoms with Crippen LogP contribution in [0.25, 0.3) is 6.08 Å². The minimum absolute atomic E-state index is 0.0906. The van der Waals surface area contributed by atoms with E-state index in [-0.39, 0.29) is 17.4 Å². The number of amides is 4. The summed E-state index contributed by atoms with van der Waals surface area (Å²) in [5.41, 5.74) is 8.80. The van der Waals surface area contributed by atoms with Gasteiger partial charge in [0.05, 0.1) is 5.69 Å². The summed E-state index contributed by atoms with van der Waals surface area (Å²) in [7, 11) is 0. The maximum absolute atomic E-state index is 14.3. The summed E-state index contributed by atoms with van der Waals surface area (Å²) in [6, 6.07) is 39.4. The van der Waals surface area contributed by atoms with E-state index in [0.29, 0.717) is 23.6 Å². The average molecular weight is 660 g/mol. The lowest BCUT2D eigenvalue weighted by atomic mass is 9.76. The molecular formula is C43H37N3O4. The van der Waals surface area contributed by atoms with Gasteiger partial charge in [-0.2, -0.15) is 0 Å². The monoisotopic (exact) mass is 659 g/mol. The first kappa shape index (κ1) is 31.3. The summed E-state index contributed by atoms with van der Waals surface area (Å²) in [4.78, 5) is 44.9. The molecule has 0 saturated carbocycles. The van der Waals surface area contributed by atoms with Crippen molar-refractivity contribution < 1.29 is 19.1 Å². The number of urea groups is 1. The molecule has 0 aromatic heterocycles. The molecular weight excluding hydrogens is 622 g/mol. The number of imide groups is 2. The van der Waals surface area contributed by atoms with E-state index in [2.05, 4.69) is 58.7 Å². The van der Waals surface area contributed by atoms with Gasteiger partial charge in [0.25, 0.3) is 11.8 Å². The molecule has 5 aromatic rings. The number of benzene rings is 5. The van der Waals surface area contributed by atoms with Crippen molar-refractivity contribution in [3.05, 3.63) is 166 Å². The lowest BCUT2D eigenvalue weighted by Crippen LogP contribution is -2.54. The zero-order valence-corrected chi connectivity index (χ0v) is 27.8. The molecule has 0 spiro atoms. The standard InChI is InChI=1S/C43H37N3O4/c1-28-16-18-29(19-17-28)27-50-39-15-9-8-14-32(39)24-38-41(47)44-43(49)46(42(38)48)33-25-36-34(30-10-4-2-5-11-30)20-22-45-23-21-35(37(26-33)40(36)45)31-12-6-3-7-13-31/h2-19,24-26,34-35H,20-23,27H2,1H3,(H,44,47,49)/b38-24+/t34-,35-/m1/s1. The Morgan fingerprint density at radius 1 is 0.740 bits per heavy atom. The van der Waals surface area contributed by atoms with Crippen molar-refractivity contribution in [2.24, 2.45) is 0 Å². The van der Waals surface area contributed by atoms with Gasteiger partial charge >= 0.3 is 6.03 Å². The first-order chi connectivity index (χ1) is 24.4. The van der Waals surface area contributed by atoms with Gasteiger partial charge in [0.2, 0.25) is 0 Å². The molecule has 0 unspecified atom stereocenters. The lowest BCUT2D eigenvalue weighted by Gasteiger charge is -2.44. The topological polar surface area (TPSA) is 79.0 Å². The molecule has 3 heterocycles. The second kappa shape index (κ2) is 13.2. The van der Waals surface area contributed by atoms with E-state index in [4.69, 9.17) is 4.74 Å². The van der Waals surface area contributed by atoms with Gasteiger partial charge in [-0.3, -0.25) is 14.9 Å². The Hall–Kier alpha value is -5.95. The number of nitrogens with zero attached hydrogens (tertiary/aromatic N) is 2. The molecule has 3 aliphatic rings. The van der Waals surface area contributed by atoms with Crippen molar-refractivity contribution in [2.75, 3.05) is 22.9 Å². The highest BCUT2D eigenvalue weighted by Gasteiger charge is 2.40. The number of aryl methyl sites for hydroxylation is 1. The Bertz CT molecular complexity index is 2050. The van der Waals surface area contributed by atoms with Crippen LogP contribution in [0.15, 0.2) is 127 Å². The Kier molecular flexibility index (Phi) is 8.25. The average Bonchev–Trinajstić information content (AvgIpc) is 3.14. The molecule has 50 heavy (non-hydrogen) atoms. The number of hydrogen-bond donors (Lipinski definition) is 1. The zero-order chi connectivity index (χ0) is 34.2. The highest BCUT2D eigenvalue weighted by molar-refractivity contribution is 6.39. The fourth-order valence-corrected chi connectivity index (χ4v) is 7.59. The third-order valence-corrected chi connectivity index (χ3v) is 10.1. The number of para-hydroxylation sites is 1. The molecule has 7 nitrogen and oxygen atoms in total. The third-order valence-electron chi connectivity index (χ3n) is 10.1. The lowest BCUT2D eigenvalue weighted by molar-refractivity contribution is -0.122. The molecule has 248 valence electrons. The third kappa shape index (κ3) is 5.85. The molecule has 1 saturated heterocycles. The van der Waals surface area contributed by atoms with E-state index < -0.39 is 17.8 Å². The molecule has 0 radical (unpaired) electrons. The molecule has 1 N–H and O–H groups in total. The van der Waals surface area contributed by atoms with Crippen LogP contribution in [0.1, 0.15) is 63.6 Å². The SMILES string of the molecule is Cc1ccc(COc2ccccc2/C=C2\C(=O)NC(=O)N(c3cc4c5c(c3)[C@@H](c3ccccc3)CCN5CC[C@@H]4c3ccccc3)C2=O)cc1. The van der Waals surface area contributed by atoms with Crippen LogP contribution in [0.3, 0.4) is 0 Å². The molecule has 5 aromatic carbocycles. The second-order valence-electron chi connectivity index (χ2n) is 13.2. The zero-order valence-electron chi connectivity index (χ0n) is 27.8. The molecule has 4 amide bonds. The normalized spacial score (nSPS) is 19.3. The highest BCUT2D eigenvalue weighted by Crippen LogP contribution is 2.50. The smallest absolute Gasteiger partial charge is 0.335 e. The van der Waals surface area contributed by atoms with E-state index >= 15 is 0 Å². The van der Waals surface area contributed by atoms with Gasteiger partial charge in [0, 0.05) is 36.2 Å². The van der Waals surface area contributed by atoms with Gasteiger partial charge in [0.15, 0.2) is 0 Å². The second-order valence-corrected chi connectivity index (χ2v) is 13.2. The van der Waals surface area contributed by atoms with Gasteiger partial charge in [-0.15, -0.1) is 0 Å². The largest absolute Gasteiger partial charge is 0.488 e. The van der Waals surface area contributed by atoms with Crippen LogP contribution in [0, 0.1) is 6.92 Å². The molecule has 0 bridgehead atoms. The number of nitrogens with one attached hydrogen (secondary N) is 1. The fraction of sp³-hybridized carbons (Fsp3) is 0.186. The van der Waals surface area contributed by atoms with Crippen molar-refractivity contribution in [1.29, 1.82) is 0 Å². The van der Waals surface area contributed by atoms with Gasteiger partial charge < -0.3 is 9.64 Å². The maximum atomic E-state index is 14.3. The van der Waals surface area contributed by atoms with Crippen LogP contribution in [-0.2, 0) is 16.2 Å². The predicted molar refractivity (Wildman–Crippen MR) is 195 cm³/mol. The van der Waals surface area contributed by atoms with E-state index in [1.165, 1.54) is 22.9 Å². The van der Waals surface area contributed by atoms with E-state index in [9.17, 15) is 14.4 Å². The Morgan fingerprint density at radius 2 is 1.32 bits per heavy atom. The van der Waals surface area contributed by atoms with E-state index in [0.717, 1.165) is 53.1 Å². The van der Waals surface area contributed by atoms with Gasteiger partial charge in [-0.05, 0) is 71.9 Å². The van der Waals surface area contributed by atoms with E-state index in [1.807, 2.05) is 73.7 Å². The molecule has 8 rings (SSSR count). The Labute approximate surface area is 291 Å². The van der Waals surface area contributed by atoms with E-state index in [1.54, 1.807) is 6.07 Å². The summed E-state index contributed by atoms with van der Waals surface area (Å²) >= 11 is 0. The summed E-state index contributed by atoms with van der Waals surface area (Å²) in [5, 5.41) is 2.45. The van der Waals surface area contributed by atoms with Crippen LogP contribution < -0.4 is 19.9 Å². The maximum Gasteiger partial charge on any atom is 0.335 e. The number of ether oxygens (including phenoxy) is 1. The number of anilines is 2. The molecule has 0 aliphatic carbocycles. The Morgan fingerprint density at radius 3 is 1.94 bits per heavy atom. The highest BCUT2D eigenvalue weighted by atomic mass is 16.5. The predicted octanol–water partition coefficient (Wildman–Crippen LogP) is 8.12. The minimum Gasteiger partial charge on any atom is -0.488 e. The molecule has 7 heteroatoms. The van der Waals surface area contributed by atoms with Crippen LogP contribution in [0.4, 0.5) is 16.2 Å². The summed E-state index contributed by atoms with van der Waals surface area (Å²) in [5.74, 6) is -0.699. The summed E-state index contributed by atoms with van der Waals surface area (Å²) in [6.07, 6.45) is 3.35. The first-order valence-corrected chi connectivity index (χ1v) is 17.2. The van der Waals surface area contributed by atoms with Crippen molar-refractivity contribution in [2.45, 2.75) is 38.2 Å². The number of carbonyl (C=O) groups is 3. The van der Waals surface area contributed by atoms with Crippen molar-refractivity contribution in [1.82, 2.24) is 5.32 Å². The van der Waals surface area contributed by atoms with Crippen LogP contribution in [-0.4, -0.2) is 30.9 Å². The molecule has 3 aliphatic heterocycles. The molecule has 1 fully saturated rings. The minimum atomic E-state index is -0.760. The number of carbonyl (C=O) groups excluding carboxylic acids is 3. The summed E-state index contributed by atoms with van der Waals surface area (Å²) in [6.45, 7) is 4.21. The fourth-order valence-electron chi connectivity index (χ4n) is 7.59. The van der Waals surface area contributed by atoms with Crippen molar-refractivity contribution in [3.63, 3.8) is 0 Å². The Balaban J connectivity index is 1.20. The number of hydrogen-bond acceptors (Lipinski definition) is 5. The quantitative estimate of drug-likeness (QED) is 0.141. The van der Waals surface area contributed by atoms with Crippen molar-refractivity contribution in [3.8, 4) is 5.75 Å². The van der Waals surface area contributed by atoms with Crippen LogP contribution in [0.5, 0.6) is 5.75 Å². The number of barbiturate groups is 1. The number of rotatable bonds is 7. The van der Waals surface area contributed by atoms with Gasteiger partial charge in [0.1, 0.15) is 17.9 Å². The van der Waals surface area contributed by atoms with Crippen LogP contribution in [0.2, 0.25) is 0 Å². The molecule has 2 atom stereocenters. The summed E-state index contributed by atoms with van der Waals surface area (Å²) < 4.78 is 6.15.